The van der Waals surface area contributed by atoms with Crippen LogP contribution < -0.4 is 15.4 Å². The minimum Gasteiger partial charge on any atom is -0.497 e. The van der Waals surface area contributed by atoms with Crippen LogP contribution in [0.1, 0.15) is 6.42 Å². The molecule has 1 fully saturated rings. The Morgan fingerprint density at radius 1 is 1.26 bits per heavy atom. The zero-order valence-electron chi connectivity index (χ0n) is 13.4. The van der Waals surface area contributed by atoms with Crippen LogP contribution in [0.5, 0.6) is 5.75 Å². The highest BCUT2D eigenvalue weighted by Crippen LogP contribution is 2.19. The average Bonchev–Trinajstić information content (AvgIpc) is 2.59. The summed E-state index contributed by atoms with van der Waals surface area (Å²) in [7, 11) is 1.60. The summed E-state index contributed by atoms with van der Waals surface area (Å²) in [6.07, 6.45) is 0.197. The van der Waals surface area contributed by atoms with Gasteiger partial charge in [0.2, 0.25) is 11.8 Å². The number of amides is 2. The first kappa shape index (κ1) is 17.1. The van der Waals surface area contributed by atoms with E-state index in [4.69, 9.17) is 15.2 Å². The van der Waals surface area contributed by atoms with E-state index < -0.39 is 0 Å². The number of nitrogens with two attached hydrogens (primary N) is 1. The minimum absolute atomic E-state index is 0.0218. The summed E-state index contributed by atoms with van der Waals surface area (Å²) in [6, 6.07) is 7.39. The number of hydrogen-bond donors (Lipinski definition) is 1. The predicted molar refractivity (Wildman–Crippen MR) is 86.4 cm³/mol. The van der Waals surface area contributed by atoms with Gasteiger partial charge in [-0.2, -0.15) is 0 Å². The van der Waals surface area contributed by atoms with Crippen molar-refractivity contribution in [3.63, 3.8) is 0 Å². The van der Waals surface area contributed by atoms with Crippen LogP contribution in [0.25, 0.3) is 0 Å². The second kappa shape index (κ2) is 8.38. The van der Waals surface area contributed by atoms with Gasteiger partial charge in [0.25, 0.3) is 0 Å². The first-order valence-electron chi connectivity index (χ1n) is 7.63. The van der Waals surface area contributed by atoms with E-state index in [2.05, 4.69) is 0 Å². The lowest BCUT2D eigenvalue weighted by Gasteiger charge is -2.31. The van der Waals surface area contributed by atoms with Crippen LogP contribution in [0.3, 0.4) is 0 Å². The van der Waals surface area contributed by atoms with E-state index in [1.165, 1.54) is 0 Å². The average molecular weight is 321 g/mol. The molecule has 1 aromatic carbocycles. The molecule has 0 radical (unpaired) electrons. The Morgan fingerprint density at radius 2 is 1.91 bits per heavy atom. The van der Waals surface area contributed by atoms with Gasteiger partial charge in [0, 0.05) is 31.7 Å². The molecule has 1 heterocycles. The van der Waals surface area contributed by atoms with E-state index in [9.17, 15) is 9.59 Å². The summed E-state index contributed by atoms with van der Waals surface area (Å²) < 4.78 is 10.4. The Labute approximate surface area is 135 Å². The molecule has 2 N–H and O–H groups in total. The standard InChI is InChI=1S/C16H23N3O4/c1-22-14-4-2-13(3-5-14)19(7-6-15(17)20)12-16(21)18-8-10-23-11-9-18/h2-5H,6-12H2,1H3,(H2,17,20). The smallest absolute Gasteiger partial charge is 0.242 e. The molecule has 1 aliphatic heterocycles. The number of rotatable bonds is 7. The molecule has 7 nitrogen and oxygen atoms in total. The molecule has 2 rings (SSSR count). The first-order valence-corrected chi connectivity index (χ1v) is 7.63. The highest BCUT2D eigenvalue weighted by Gasteiger charge is 2.20. The Morgan fingerprint density at radius 3 is 2.48 bits per heavy atom. The largest absolute Gasteiger partial charge is 0.497 e. The van der Waals surface area contributed by atoms with Crippen LogP contribution in [-0.2, 0) is 14.3 Å². The Bertz CT molecular complexity index is 527. The number of nitrogens with zero attached hydrogens (tertiary/aromatic N) is 2. The van der Waals surface area contributed by atoms with Crippen LogP contribution in [0.4, 0.5) is 5.69 Å². The number of morpholine rings is 1. The first-order chi connectivity index (χ1) is 11.1. The topological polar surface area (TPSA) is 85.1 Å². The van der Waals surface area contributed by atoms with Crippen molar-refractivity contribution in [1.82, 2.24) is 4.90 Å². The Hall–Kier alpha value is -2.28. The quantitative estimate of drug-likeness (QED) is 0.777. The van der Waals surface area contributed by atoms with Gasteiger partial charge >= 0.3 is 0 Å². The SMILES string of the molecule is COc1ccc(N(CCC(N)=O)CC(=O)N2CCOCC2)cc1. The second-order valence-electron chi connectivity index (χ2n) is 5.33. The van der Waals surface area contributed by atoms with E-state index in [1.807, 2.05) is 29.2 Å². The predicted octanol–water partition coefficient (Wildman–Crippen LogP) is 0.236. The highest BCUT2D eigenvalue weighted by atomic mass is 16.5. The molecular formula is C16H23N3O4. The summed E-state index contributed by atoms with van der Waals surface area (Å²) in [5, 5.41) is 0. The number of carbonyl (C=O) groups excluding carboxylic acids is 2. The molecule has 0 bridgehead atoms. The summed E-state index contributed by atoms with van der Waals surface area (Å²) >= 11 is 0. The number of ether oxygens (including phenoxy) is 2. The molecule has 0 unspecified atom stereocenters. The number of primary amides is 1. The van der Waals surface area contributed by atoms with Crippen molar-refractivity contribution in [3.8, 4) is 5.75 Å². The maximum atomic E-state index is 12.4. The van der Waals surface area contributed by atoms with Crippen LogP contribution >= 0.6 is 0 Å². The van der Waals surface area contributed by atoms with Gasteiger partial charge in [-0.15, -0.1) is 0 Å². The van der Waals surface area contributed by atoms with Gasteiger partial charge < -0.3 is 25.0 Å². The van der Waals surface area contributed by atoms with E-state index in [-0.39, 0.29) is 24.8 Å². The minimum atomic E-state index is -0.387. The van der Waals surface area contributed by atoms with Crippen molar-refractivity contribution in [2.24, 2.45) is 5.73 Å². The van der Waals surface area contributed by atoms with Crippen molar-refractivity contribution >= 4 is 17.5 Å². The zero-order chi connectivity index (χ0) is 16.7. The number of anilines is 1. The molecule has 23 heavy (non-hydrogen) atoms. The fraction of sp³-hybridized carbons (Fsp3) is 0.500. The number of benzene rings is 1. The molecule has 1 saturated heterocycles. The number of hydrogen-bond acceptors (Lipinski definition) is 5. The lowest BCUT2D eigenvalue weighted by molar-refractivity contribution is -0.133. The fourth-order valence-corrected chi connectivity index (χ4v) is 2.41. The molecule has 1 aliphatic rings. The second-order valence-corrected chi connectivity index (χ2v) is 5.33. The molecule has 0 saturated carbocycles. The van der Waals surface area contributed by atoms with Gasteiger partial charge in [0.05, 0.1) is 26.9 Å². The molecule has 2 amide bonds. The third-order valence-electron chi connectivity index (χ3n) is 3.76. The lowest BCUT2D eigenvalue weighted by Crippen LogP contribution is -2.46. The lowest BCUT2D eigenvalue weighted by atomic mass is 10.2. The molecule has 0 aromatic heterocycles. The molecule has 126 valence electrons. The van der Waals surface area contributed by atoms with E-state index in [0.29, 0.717) is 32.8 Å². The Kier molecular flexibility index (Phi) is 6.22. The van der Waals surface area contributed by atoms with Crippen molar-refractivity contribution in [2.75, 3.05) is 51.4 Å². The van der Waals surface area contributed by atoms with E-state index in [1.54, 1.807) is 12.0 Å². The van der Waals surface area contributed by atoms with Crippen molar-refractivity contribution in [2.45, 2.75) is 6.42 Å². The third-order valence-corrected chi connectivity index (χ3v) is 3.76. The molecule has 0 atom stereocenters. The van der Waals surface area contributed by atoms with Crippen molar-refractivity contribution < 1.29 is 19.1 Å². The van der Waals surface area contributed by atoms with Crippen LogP contribution in [0.15, 0.2) is 24.3 Å². The van der Waals surface area contributed by atoms with Crippen LogP contribution in [0.2, 0.25) is 0 Å². The van der Waals surface area contributed by atoms with Crippen molar-refractivity contribution in [3.05, 3.63) is 24.3 Å². The van der Waals surface area contributed by atoms with E-state index in [0.717, 1.165) is 11.4 Å². The van der Waals surface area contributed by atoms with Crippen LogP contribution in [-0.4, -0.2) is 63.2 Å². The van der Waals surface area contributed by atoms with Gasteiger partial charge in [0.1, 0.15) is 5.75 Å². The van der Waals surface area contributed by atoms with Gasteiger partial charge in [-0.25, -0.2) is 0 Å². The number of methoxy groups -OCH3 is 1. The fourth-order valence-electron chi connectivity index (χ4n) is 2.41. The summed E-state index contributed by atoms with van der Waals surface area (Å²) in [5.74, 6) is 0.374. The molecule has 0 spiro atoms. The molecule has 0 aliphatic carbocycles. The van der Waals surface area contributed by atoms with Gasteiger partial charge in [-0.3, -0.25) is 9.59 Å². The molecule has 7 heteroatoms. The van der Waals surface area contributed by atoms with Crippen LogP contribution in [0, 0.1) is 0 Å². The van der Waals surface area contributed by atoms with Gasteiger partial charge in [-0.05, 0) is 24.3 Å². The van der Waals surface area contributed by atoms with E-state index >= 15 is 0 Å². The normalized spacial score (nSPS) is 14.4. The monoisotopic (exact) mass is 321 g/mol. The summed E-state index contributed by atoms with van der Waals surface area (Å²) in [4.78, 5) is 27.2. The van der Waals surface area contributed by atoms with Gasteiger partial charge in [-0.1, -0.05) is 0 Å². The van der Waals surface area contributed by atoms with Gasteiger partial charge in [0.15, 0.2) is 0 Å². The highest BCUT2D eigenvalue weighted by molar-refractivity contribution is 5.82. The zero-order valence-corrected chi connectivity index (χ0v) is 13.4. The molecular weight excluding hydrogens is 298 g/mol. The third kappa shape index (κ3) is 5.14. The molecule has 1 aromatic rings. The maximum Gasteiger partial charge on any atom is 0.242 e. The Balaban J connectivity index is 2.05. The van der Waals surface area contributed by atoms with Crippen molar-refractivity contribution in [1.29, 1.82) is 0 Å². The number of carbonyl (C=O) groups is 2. The maximum absolute atomic E-state index is 12.4. The summed E-state index contributed by atoms with van der Waals surface area (Å²) in [5.41, 5.74) is 6.10. The summed E-state index contributed by atoms with van der Waals surface area (Å²) in [6.45, 7) is 2.94.